The zero-order valence-corrected chi connectivity index (χ0v) is 16.4. The van der Waals surface area contributed by atoms with Crippen LogP contribution in [0.25, 0.3) is 0 Å². The molecule has 0 saturated heterocycles. The van der Waals surface area contributed by atoms with E-state index in [2.05, 4.69) is 15.6 Å². The summed E-state index contributed by atoms with van der Waals surface area (Å²) in [6.45, 7) is 0.501. The van der Waals surface area contributed by atoms with Gasteiger partial charge in [0.1, 0.15) is 17.5 Å². The molecule has 4 nitrogen and oxygen atoms in total. The van der Waals surface area contributed by atoms with Crippen LogP contribution in [0, 0.1) is 28.8 Å². The highest BCUT2D eigenvalue weighted by atomic mass is 127. The topological polar surface area (TPSA) is 60.2 Å². The number of hydrogen-bond donors (Lipinski definition) is 2. The van der Waals surface area contributed by atoms with E-state index in [1.807, 2.05) is 6.07 Å². The molecule has 0 fully saturated rings. The zero-order valence-electron chi connectivity index (χ0n) is 14.0. The van der Waals surface area contributed by atoms with Crippen LogP contribution < -0.4 is 10.6 Å². The fourth-order valence-corrected chi connectivity index (χ4v) is 2.21. The Kier molecular flexibility index (Phi) is 8.92. The molecule has 2 N–H and O–H groups in total. The number of nitrogens with one attached hydrogen (secondary N) is 2. The normalized spacial score (nSPS) is 10.7. The van der Waals surface area contributed by atoms with Gasteiger partial charge in [0, 0.05) is 25.7 Å². The smallest absolute Gasteiger partial charge is 0.191 e. The van der Waals surface area contributed by atoms with Crippen molar-refractivity contribution in [2.24, 2.45) is 4.99 Å². The molecule has 0 bridgehead atoms. The van der Waals surface area contributed by atoms with Crippen LogP contribution in [0.15, 0.2) is 41.4 Å². The molecule has 2 aromatic rings. The first-order valence-corrected chi connectivity index (χ1v) is 7.60. The maximum Gasteiger partial charge on any atom is 0.191 e. The first kappa shape index (κ1) is 21.8. The highest BCUT2D eigenvalue weighted by Crippen LogP contribution is 2.10. The van der Waals surface area contributed by atoms with Crippen molar-refractivity contribution in [2.45, 2.75) is 13.0 Å². The van der Waals surface area contributed by atoms with Gasteiger partial charge in [0.2, 0.25) is 0 Å². The summed E-state index contributed by atoms with van der Waals surface area (Å²) < 4.78 is 40.5. The summed E-state index contributed by atoms with van der Waals surface area (Å²) in [6.07, 6.45) is 0.273. The number of halogens is 4. The molecule has 0 saturated carbocycles. The van der Waals surface area contributed by atoms with Crippen LogP contribution in [0.5, 0.6) is 0 Å². The predicted molar refractivity (Wildman–Crippen MR) is 105 cm³/mol. The lowest BCUT2D eigenvalue weighted by Crippen LogP contribution is -2.38. The summed E-state index contributed by atoms with van der Waals surface area (Å²) in [6, 6.07) is 9.40. The second-order valence-electron chi connectivity index (χ2n) is 5.26. The monoisotopic (exact) mass is 474 g/mol. The van der Waals surface area contributed by atoms with Crippen molar-refractivity contribution in [3.63, 3.8) is 0 Å². The fraction of sp³-hybridized carbons (Fsp3) is 0.222. The summed E-state index contributed by atoms with van der Waals surface area (Å²) in [7, 11) is 1.55. The van der Waals surface area contributed by atoms with Crippen LogP contribution in [0.3, 0.4) is 0 Å². The Morgan fingerprint density at radius 2 is 1.81 bits per heavy atom. The molecule has 2 aromatic carbocycles. The lowest BCUT2D eigenvalue weighted by atomic mass is 10.1. The third-order valence-corrected chi connectivity index (χ3v) is 3.55. The van der Waals surface area contributed by atoms with E-state index in [4.69, 9.17) is 5.26 Å². The van der Waals surface area contributed by atoms with Crippen LogP contribution in [0.1, 0.15) is 16.7 Å². The van der Waals surface area contributed by atoms with Gasteiger partial charge < -0.3 is 10.6 Å². The van der Waals surface area contributed by atoms with Gasteiger partial charge in [-0.3, -0.25) is 4.99 Å². The average molecular weight is 474 g/mol. The van der Waals surface area contributed by atoms with Crippen molar-refractivity contribution in [3.05, 3.63) is 70.5 Å². The molecule has 0 aliphatic carbocycles. The summed E-state index contributed by atoms with van der Waals surface area (Å²) in [5.74, 6) is -1.04. The third kappa shape index (κ3) is 6.22. The minimum atomic E-state index is -0.491. The van der Waals surface area contributed by atoms with Crippen molar-refractivity contribution in [1.29, 1.82) is 5.26 Å². The Balaban J connectivity index is 0.00000338. The van der Waals surface area contributed by atoms with E-state index in [1.165, 1.54) is 18.2 Å². The zero-order chi connectivity index (χ0) is 18.2. The summed E-state index contributed by atoms with van der Waals surface area (Å²) >= 11 is 0. The standard InChI is InChI=1S/C18H17F3N4.HI/c1-23-18(24-7-6-13-9-15(19)4-5-16(13)20)25-11-14-3-2-12(10-22)8-17(14)21;/h2-5,8-9H,6-7,11H2,1H3,(H2,23,24,25);1H. The molecular formula is C18H18F3IN4. The van der Waals surface area contributed by atoms with Crippen LogP contribution >= 0.6 is 24.0 Å². The molecule has 0 aliphatic heterocycles. The van der Waals surface area contributed by atoms with Gasteiger partial charge in [0.15, 0.2) is 5.96 Å². The van der Waals surface area contributed by atoms with E-state index in [0.717, 1.165) is 18.2 Å². The first-order valence-electron chi connectivity index (χ1n) is 7.60. The van der Waals surface area contributed by atoms with E-state index in [9.17, 15) is 13.2 Å². The number of nitrogens with zero attached hydrogens (tertiary/aromatic N) is 2. The van der Waals surface area contributed by atoms with Gasteiger partial charge >= 0.3 is 0 Å². The summed E-state index contributed by atoms with van der Waals surface area (Å²) in [5.41, 5.74) is 0.903. The summed E-state index contributed by atoms with van der Waals surface area (Å²) in [4.78, 5) is 3.99. The van der Waals surface area contributed by atoms with Gasteiger partial charge in [-0.1, -0.05) is 6.07 Å². The molecule has 0 spiro atoms. The molecule has 8 heteroatoms. The Labute approximate surface area is 167 Å². The maximum atomic E-state index is 13.8. The van der Waals surface area contributed by atoms with Crippen LogP contribution in [-0.2, 0) is 13.0 Å². The number of guanidine groups is 1. The van der Waals surface area contributed by atoms with Crippen molar-refractivity contribution >= 4 is 29.9 Å². The van der Waals surface area contributed by atoms with Crippen molar-refractivity contribution in [3.8, 4) is 6.07 Å². The van der Waals surface area contributed by atoms with Crippen LogP contribution in [-0.4, -0.2) is 19.6 Å². The minimum Gasteiger partial charge on any atom is -0.356 e. The number of benzene rings is 2. The lowest BCUT2D eigenvalue weighted by molar-refractivity contribution is 0.582. The predicted octanol–water partition coefficient (Wildman–Crippen LogP) is 3.50. The van der Waals surface area contributed by atoms with E-state index in [1.54, 1.807) is 7.05 Å². The molecule has 0 aliphatic rings. The largest absolute Gasteiger partial charge is 0.356 e. The van der Waals surface area contributed by atoms with Gasteiger partial charge in [0.25, 0.3) is 0 Å². The van der Waals surface area contributed by atoms with Crippen molar-refractivity contribution in [2.75, 3.05) is 13.6 Å². The third-order valence-electron chi connectivity index (χ3n) is 3.55. The molecule has 2 rings (SSSR count). The fourth-order valence-electron chi connectivity index (χ4n) is 2.21. The van der Waals surface area contributed by atoms with Crippen molar-refractivity contribution < 1.29 is 13.2 Å². The van der Waals surface area contributed by atoms with Gasteiger partial charge in [-0.25, -0.2) is 13.2 Å². The highest BCUT2D eigenvalue weighted by molar-refractivity contribution is 14.0. The van der Waals surface area contributed by atoms with Crippen molar-refractivity contribution in [1.82, 2.24) is 10.6 Å². The number of aliphatic imine (C=N–C) groups is 1. The quantitative estimate of drug-likeness (QED) is 0.397. The van der Waals surface area contributed by atoms with E-state index in [0.29, 0.717) is 18.1 Å². The first-order chi connectivity index (χ1) is 12.0. The van der Waals surface area contributed by atoms with Gasteiger partial charge in [0.05, 0.1) is 11.6 Å². The molecular weight excluding hydrogens is 456 g/mol. The van der Waals surface area contributed by atoms with Gasteiger partial charge in [-0.15, -0.1) is 24.0 Å². The Morgan fingerprint density at radius 1 is 1.04 bits per heavy atom. The molecule has 138 valence electrons. The van der Waals surface area contributed by atoms with Gasteiger partial charge in [-0.05, 0) is 42.3 Å². The Morgan fingerprint density at radius 3 is 2.46 bits per heavy atom. The summed E-state index contributed by atoms with van der Waals surface area (Å²) in [5, 5.41) is 14.6. The Hall–Kier alpha value is -2.28. The molecule has 0 radical (unpaired) electrons. The van der Waals surface area contributed by atoms with Crippen LogP contribution in [0.2, 0.25) is 0 Å². The SMILES string of the molecule is CN=C(NCCc1cc(F)ccc1F)NCc1ccc(C#N)cc1F.I. The average Bonchev–Trinajstić information content (AvgIpc) is 2.61. The molecule has 0 unspecified atom stereocenters. The van der Waals surface area contributed by atoms with E-state index in [-0.39, 0.29) is 48.1 Å². The minimum absolute atomic E-state index is 0. The second-order valence-corrected chi connectivity index (χ2v) is 5.26. The number of hydrogen-bond acceptors (Lipinski definition) is 2. The molecule has 26 heavy (non-hydrogen) atoms. The van der Waals surface area contributed by atoms with Gasteiger partial charge in [-0.2, -0.15) is 5.26 Å². The van der Waals surface area contributed by atoms with Crippen LogP contribution in [0.4, 0.5) is 13.2 Å². The molecule has 0 atom stereocenters. The Bertz CT molecular complexity index is 819. The van der Waals surface area contributed by atoms with E-state index >= 15 is 0 Å². The molecule has 0 amide bonds. The molecule has 0 aromatic heterocycles. The maximum absolute atomic E-state index is 13.8. The number of rotatable bonds is 5. The lowest BCUT2D eigenvalue weighted by Gasteiger charge is -2.12. The van der Waals surface area contributed by atoms with E-state index < -0.39 is 17.5 Å². The second kappa shape index (κ2) is 10.7. The molecule has 0 heterocycles. The number of nitriles is 1. The highest BCUT2D eigenvalue weighted by Gasteiger charge is 2.06.